The van der Waals surface area contributed by atoms with E-state index in [-0.39, 0.29) is 11.2 Å². The molecule has 6 heteroatoms. The largest absolute Gasteiger partial charge is 0.390 e. The van der Waals surface area contributed by atoms with Gasteiger partial charge in [-0.05, 0) is 79.9 Å². The van der Waals surface area contributed by atoms with Crippen LogP contribution in [-0.2, 0) is 4.74 Å². The Morgan fingerprint density at radius 1 is 1.14 bits per heavy atom. The van der Waals surface area contributed by atoms with Crippen LogP contribution in [0.1, 0.15) is 73.8 Å². The number of anilines is 1. The fourth-order valence-corrected chi connectivity index (χ4v) is 8.73. The first-order chi connectivity index (χ1) is 17.2. The Morgan fingerprint density at radius 3 is 2.44 bits per heavy atom. The van der Waals surface area contributed by atoms with Gasteiger partial charge in [-0.2, -0.15) is 0 Å². The molecule has 2 unspecified atom stereocenters. The lowest BCUT2D eigenvalue weighted by Crippen LogP contribution is -2.66. The van der Waals surface area contributed by atoms with E-state index in [1.807, 2.05) is 6.07 Å². The van der Waals surface area contributed by atoms with Gasteiger partial charge in [0, 0.05) is 42.7 Å². The zero-order chi connectivity index (χ0) is 24.7. The van der Waals surface area contributed by atoms with Crippen molar-refractivity contribution in [3.63, 3.8) is 0 Å². The van der Waals surface area contributed by atoms with Crippen LogP contribution in [-0.4, -0.2) is 52.7 Å². The standard InChI is InChI=1S/C30H37N3O3/c1-19(33-15-29(16-33)17-36-18-29)22-2-4-23(5-3-22)24-7-25(27(31)32-13-24)26(34)12-28-8-20-6-21(9-28)11-30(35,10-20)14-28/h2-5,7,13,19-21,35H,6,8-12,14-18H2,1H3,(H2,31,32)/t19-,20?,21?,28?,30?/m1/s1. The van der Waals surface area contributed by atoms with E-state index in [2.05, 4.69) is 41.1 Å². The summed E-state index contributed by atoms with van der Waals surface area (Å²) in [5, 5.41) is 11.1. The molecule has 3 N–H and O–H groups in total. The average molecular weight is 488 g/mol. The molecule has 6 nitrogen and oxygen atoms in total. The van der Waals surface area contributed by atoms with Gasteiger partial charge in [-0.1, -0.05) is 24.3 Å². The summed E-state index contributed by atoms with van der Waals surface area (Å²) < 4.78 is 5.41. The zero-order valence-electron chi connectivity index (χ0n) is 21.2. The predicted molar refractivity (Wildman–Crippen MR) is 138 cm³/mol. The second-order valence-corrected chi connectivity index (χ2v) is 13.1. The van der Waals surface area contributed by atoms with Crippen LogP contribution in [0.4, 0.5) is 5.82 Å². The van der Waals surface area contributed by atoms with Crippen molar-refractivity contribution >= 4 is 11.6 Å². The molecular weight excluding hydrogens is 450 g/mol. The number of carbonyl (C=O) groups is 1. The minimum absolute atomic E-state index is 0.0722. The fourth-order valence-electron chi connectivity index (χ4n) is 8.73. The lowest BCUT2D eigenvalue weighted by atomic mass is 9.47. The van der Waals surface area contributed by atoms with Crippen molar-refractivity contribution in [1.82, 2.24) is 9.88 Å². The quantitative estimate of drug-likeness (QED) is 0.578. The number of nitrogens with zero attached hydrogens (tertiary/aromatic N) is 2. The van der Waals surface area contributed by atoms with Gasteiger partial charge in [-0.15, -0.1) is 0 Å². The molecule has 0 radical (unpaired) electrons. The fraction of sp³-hybridized carbons (Fsp3) is 0.600. The number of aliphatic hydroxyl groups is 1. The Kier molecular flexibility index (Phi) is 5.00. The van der Waals surface area contributed by atoms with Gasteiger partial charge in [0.2, 0.25) is 0 Å². The third-order valence-corrected chi connectivity index (χ3v) is 10.1. The van der Waals surface area contributed by atoms with Crippen molar-refractivity contribution in [3.8, 4) is 11.1 Å². The Bertz CT molecular complexity index is 1180. The van der Waals surface area contributed by atoms with Gasteiger partial charge in [0.25, 0.3) is 0 Å². The summed E-state index contributed by atoms with van der Waals surface area (Å²) in [5.74, 6) is 1.51. The number of benzene rings is 1. The van der Waals surface area contributed by atoms with Crippen molar-refractivity contribution in [1.29, 1.82) is 0 Å². The summed E-state index contributed by atoms with van der Waals surface area (Å²) >= 11 is 0. The lowest BCUT2D eigenvalue weighted by molar-refractivity contribution is -0.197. The summed E-state index contributed by atoms with van der Waals surface area (Å²) in [7, 11) is 0. The molecule has 4 bridgehead atoms. The maximum Gasteiger partial charge on any atom is 0.167 e. The number of Topliss-reactive ketones (excluding diaryl/α,β-unsaturated/α-hetero) is 1. The van der Waals surface area contributed by atoms with E-state index in [0.29, 0.717) is 41.1 Å². The van der Waals surface area contributed by atoms with E-state index >= 15 is 0 Å². The minimum Gasteiger partial charge on any atom is -0.390 e. The lowest BCUT2D eigenvalue weighted by Gasteiger charge is -2.60. The number of hydrogen-bond donors (Lipinski definition) is 2. The molecule has 2 saturated heterocycles. The minimum atomic E-state index is -0.558. The van der Waals surface area contributed by atoms with E-state index in [9.17, 15) is 9.90 Å². The van der Waals surface area contributed by atoms with Crippen molar-refractivity contribution in [3.05, 3.63) is 47.7 Å². The highest BCUT2D eigenvalue weighted by Crippen LogP contribution is 2.63. The van der Waals surface area contributed by atoms with E-state index in [0.717, 1.165) is 69.5 Å². The molecule has 2 aromatic rings. The number of aromatic nitrogens is 1. The first-order valence-corrected chi connectivity index (χ1v) is 13.7. The first-order valence-electron chi connectivity index (χ1n) is 13.7. The second kappa shape index (κ2) is 7.86. The maximum absolute atomic E-state index is 13.6. The van der Waals surface area contributed by atoms with Crippen LogP contribution in [0.2, 0.25) is 0 Å². The molecule has 3 atom stereocenters. The van der Waals surface area contributed by atoms with Gasteiger partial charge in [0.1, 0.15) is 5.82 Å². The van der Waals surface area contributed by atoms with Crippen molar-refractivity contribution in [2.24, 2.45) is 22.7 Å². The Hall–Kier alpha value is -2.28. The number of hydrogen-bond acceptors (Lipinski definition) is 6. The van der Waals surface area contributed by atoms with Gasteiger partial charge in [0.15, 0.2) is 5.78 Å². The topological polar surface area (TPSA) is 88.7 Å². The number of carbonyl (C=O) groups excluding carboxylic acids is 1. The molecule has 6 fully saturated rings. The molecule has 6 aliphatic rings. The normalized spacial score (nSPS) is 34.8. The Morgan fingerprint density at radius 2 is 1.83 bits per heavy atom. The summed E-state index contributed by atoms with van der Waals surface area (Å²) in [5.41, 5.74) is 9.80. The van der Waals surface area contributed by atoms with Gasteiger partial charge < -0.3 is 15.6 Å². The Balaban J connectivity index is 1.07. The van der Waals surface area contributed by atoms with Crippen LogP contribution < -0.4 is 5.73 Å². The summed E-state index contributed by atoms with van der Waals surface area (Å²) in [4.78, 5) is 20.5. The van der Waals surface area contributed by atoms with E-state index in [1.54, 1.807) is 6.20 Å². The van der Waals surface area contributed by atoms with Crippen molar-refractivity contribution in [2.45, 2.75) is 63.5 Å². The van der Waals surface area contributed by atoms with Gasteiger partial charge in [0.05, 0.1) is 24.4 Å². The number of rotatable bonds is 6. The van der Waals surface area contributed by atoms with E-state index in [1.165, 1.54) is 12.0 Å². The third kappa shape index (κ3) is 3.72. The van der Waals surface area contributed by atoms with Crippen LogP contribution in [0, 0.1) is 22.7 Å². The molecule has 4 saturated carbocycles. The highest BCUT2D eigenvalue weighted by molar-refractivity contribution is 6.01. The molecule has 190 valence electrons. The molecule has 0 amide bonds. The Labute approximate surface area is 213 Å². The van der Waals surface area contributed by atoms with Crippen LogP contribution in [0.3, 0.4) is 0 Å². The third-order valence-electron chi connectivity index (χ3n) is 10.1. The SMILES string of the molecule is C[C@H](c1ccc(-c2cnc(N)c(C(=O)CC34CC5CC(CC(O)(C5)C3)C4)c2)cc1)N1CC2(COC2)C1. The predicted octanol–water partition coefficient (Wildman–Crippen LogP) is 4.63. The smallest absolute Gasteiger partial charge is 0.167 e. The van der Waals surface area contributed by atoms with E-state index in [4.69, 9.17) is 10.5 Å². The van der Waals surface area contributed by atoms with Crippen LogP contribution in [0.25, 0.3) is 11.1 Å². The number of ether oxygens (including phenoxy) is 1. The molecular formula is C30H37N3O3. The molecule has 1 spiro atoms. The second-order valence-electron chi connectivity index (χ2n) is 13.1. The molecule has 36 heavy (non-hydrogen) atoms. The highest BCUT2D eigenvalue weighted by Gasteiger charge is 2.57. The molecule has 4 aliphatic carbocycles. The first kappa shape index (κ1) is 22.9. The molecule has 1 aromatic heterocycles. The van der Waals surface area contributed by atoms with Crippen LogP contribution in [0.15, 0.2) is 36.5 Å². The van der Waals surface area contributed by atoms with Crippen molar-refractivity contribution < 1.29 is 14.6 Å². The average Bonchev–Trinajstić information content (AvgIpc) is 2.75. The van der Waals surface area contributed by atoms with Gasteiger partial charge in [-0.25, -0.2) is 4.98 Å². The molecule has 1 aromatic carbocycles. The number of pyridine rings is 1. The van der Waals surface area contributed by atoms with Crippen LogP contribution in [0.5, 0.6) is 0 Å². The summed E-state index contributed by atoms with van der Waals surface area (Å²) in [6.45, 7) is 6.31. The highest BCUT2D eigenvalue weighted by atomic mass is 16.5. The molecule has 8 rings (SSSR count). The van der Waals surface area contributed by atoms with Crippen molar-refractivity contribution in [2.75, 3.05) is 32.0 Å². The summed E-state index contributed by atoms with van der Waals surface area (Å²) in [6, 6.07) is 10.9. The van der Waals surface area contributed by atoms with Gasteiger partial charge in [-0.3, -0.25) is 9.69 Å². The monoisotopic (exact) mass is 487 g/mol. The maximum atomic E-state index is 13.6. The number of ketones is 1. The molecule has 2 aliphatic heterocycles. The van der Waals surface area contributed by atoms with E-state index < -0.39 is 5.60 Å². The number of likely N-dealkylation sites (tertiary alicyclic amines) is 1. The van der Waals surface area contributed by atoms with Crippen LogP contribution >= 0.6 is 0 Å². The number of nitrogen functional groups attached to an aromatic ring is 1. The summed E-state index contributed by atoms with van der Waals surface area (Å²) in [6.07, 6.45) is 8.19. The number of nitrogens with two attached hydrogens (primary N) is 1. The van der Waals surface area contributed by atoms with Gasteiger partial charge >= 0.3 is 0 Å². The zero-order valence-corrected chi connectivity index (χ0v) is 21.2. The molecule has 3 heterocycles.